The molecule has 1 aliphatic heterocycles. The number of benzene rings is 2. The summed E-state index contributed by atoms with van der Waals surface area (Å²) in [5.74, 6) is -0.604. The molecule has 0 fully saturated rings. The summed E-state index contributed by atoms with van der Waals surface area (Å²) >= 11 is 0. The zero-order chi connectivity index (χ0) is 18.2. The van der Waals surface area contributed by atoms with Crippen LogP contribution in [-0.2, 0) is 16.5 Å². The van der Waals surface area contributed by atoms with Crippen LogP contribution in [0, 0.1) is 6.92 Å². The monoisotopic (exact) mass is 359 g/mol. The fraction of sp³-hybridized carbons (Fsp3) is 0.222. The molecule has 0 radical (unpaired) electrons. The molecule has 0 bridgehead atoms. The molecule has 0 aliphatic carbocycles. The molecule has 2 amide bonds. The number of aryl methyl sites for hydroxylation is 2. The van der Waals surface area contributed by atoms with Crippen LogP contribution in [0.4, 0.5) is 0 Å². The largest absolute Gasteiger partial charge is 0.294 e. The third-order valence-corrected chi connectivity index (χ3v) is 5.17. The minimum atomic E-state index is -4.26. The molecule has 0 aromatic heterocycles. The number of hydrogen-bond acceptors (Lipinski definition) is 4. The Balaban J connectivity index is 1.71. The fourth-order valence-electron chi connectivity index (χ4n) is 2.95. The van der Waals surface area contributed by atoms with Gasteiger partial charge in [0, 0.05) is 6.54 Å². The summed E-state index contributed by atoms with van der Waals surface area (Å²) in [5, 5.41) is 0. The van der Waals surface area contributed by atoms with Gasteiger partial charge >= 0.3 is 0 Å². The van der Waals surface area contributed by atoms with Crippen molar-refractivity contribution >= 4 is 21.9 Å². The SMILES string of the molecule is Cc1ccc(S(=O)(=O)O)cc1CCCN1C(=O)c2ccccc2C1=O. The molecule has 1 aliphatic rings. The molecule has 6 nitrogen and oxygen atoms in total. The predicted octanol–water partition coefficient (Wildman–Crippen LogP) is 2.47. The lowest BCUT2D eigenvalue weighted by molar-refractivity contribution is 0.0652. The van der Waals surface area contributed by atoms with Gasteiger partial charge in [-0.15, -0.1) is 0 Å². The molecule has 0 atom stereocenters. The van der Waals surface area contributed by atoms with Crippen LogP contribution in [0.25, 0.3) is 0 Å². The zero-order valence-electron chi connectivity index (χ0n) is 13.6. The highest BCUT2D eigenvalue weighted by atomic mass is 32.2. The molecule has 0 spiro atoms. The maximum atomic E-state index is 12.3. The lowest BCUT2D eigenvalue weighted by atomic mass is 10.0. The first-order valence-corrected chi connectivity index (χ1v) is 9.25. The van der Waals surface area contributed by atoms with E-state index in [2.05, 4.69) is 0 Å². The first kappa shape index (κ1) is 17.3. The van der Waals surface area contributed by atoms with E-state index in [1.54, 1.807) is 30.3 Å². The summed E-state index contributed by atoms with van der Waals surface area (Å²) in [5.41, 5.74) is 2.47. The fourth-order valence-corrected chi connectivity index (χ4v) is 3.48. The van der Waals surface area contributed by atoms with Crippen molar-refractivity contribution in [3.63, 3.8) is 0 Å². The third-order valence-electron chi connectivity index (χ3n) is 4.32. The molecule has 2 aromatic rings. The topological polar surface area (TPSA) is 91.8 Å². The van der Waals surface area contributed by atoms with Crippen molar-refractivity contribution in [2.24, 2.45) is 0 Å². The molecule has 0 saturated heterocycles. The maximum absolute atomic E-state index is 12.3. The smallest absolute Gasteiger partial charge is 0.282 e. The Labute approximate surface area is 145 Å². The van der Waals surface area contributed by atoms with Gasteiger partial charge in [-0.05, 0) is 55.2 Å². The van der Waals surface area contributed by atoms with Crippen molar-refractivity contribution in [3.05, 3.63) is 64.7 Å². The first-order chi connectivity index (χ1) is 11.8. The van der Waals surface area contributed by atoms with Gasteiger partial charge in [0.15, 0.2) is 0 Å². The molecule has 0 saturated carbocycles. The molecule has 25 heavy (non-hydrogen) atoms. The Bertz CT molecular complexity index is 930. The molecule has 1 N–H and O–H groups in total. The van der Waals surface area contributed by atoms with Gasteiger partial charge in [-0.2, -0.15) is 8.42 Å². The van der Waals surface area contributed by atoms with E-state index in [1.165, 1.54) is 17.0 Å². The number of rotatable bonds is 5. The highest BCUT2D eigenvalue weighted by Crippen LogP contribution is 2.23. The summed E-state index contributed by atoms with van der Waals surface area (Å²) in [4.78, 5) is 25.6. The lowest BCUT2D eigenvalue weighted by Crippen LogP contribution is -2.31. The van der Waals surface area contributed by atoms with Crippen LogP contribution >= 0.6 is 0 Å². The van der Waals surface area contributed by atoms with Crippen molar-refractivity contribution in [1.29, 1.82) is 0 Å². The van der Waals surface area contributed by atoms with Crippen LogP contribution in [-0.4, -0.2) is 36.2 Å². The number of fused-ring (bicyclic) bond motifs is 1. The summed E-state index contributed by atoms with van der Waals surface area (Å²) in [6.07, 6.45) is 0.990. The highest BCUT2D eigenvalue weighted by Gasteiger charge is 2.34. The van der Waals surface area contributed by atoms with Gasteiger partial charge in [0.25, 0.3) is 21.9 Å². The molecular formula is C18H17NO5S. The summed E-state index contributed by atoms with van der Waals surface area (Å²) in [7, 11) is -4.26. The summed E-state index contributed by atoms with van der Waals surface area (Å²) < 4.78 is 31.6. The predicted molar refractivity (Wildman–Crippen MR) is 91.1 cm³/mol. The number of nitrogens with zero attached hydrogens (tertiary/aromatic N) is 1. The van der Waals surface area contributed by atoms with E-state index in [-0.39, 0.29) is 23.3 Å². The summed E-state index contributed by atoms with van der Waals surface area (Å²) in [6, 6.07) is 11.1. The standard InChI is InChI=1S/C18H17NO5S/c1-12-8-9-14(25(22,23)24)11-13(12)5-4-10-19-17(20)15-6-2-3-7-16(15)18(19)21/h2-3,6-9,11H,4-5,10H2,1H3,(H,22,23,24). The van der Waals surface area contributed by atoms with Crippen molar-refractivity contribution in [2.45, 2.75) is 24.7 Å². The Kier molecular flexibility index (Phi) is 4.45. The Hall–Kier alpha value is -2.51. The third kappa shape index (κ3) is 3.33. The van der Waals surface area contributed by atoms with E-state index in [0.29, 0.717) is 24.0 Å². The molecule has 2 aromatic carbocycles. The summed E-state index contributed by atoms with van der Waals surface area (Å²) in [6.45, 7) is 2.09. The van der Waals surface area contributed by atoms with Crippen LogP contribution in [0.5, 0.6) is 0 Å². The Morgan fingerprint density at radius 2 is 1.60 bits per heavy atom. The van der Waals surface area contributed by atoms with Gasteiger partial charge < -0.3 is 0 Å². The molecule has 7 heteroatoms. The van der Waals surface area contributed by atoms with Crippen molar-refractivity contribution in [3.8, 4) is 0 Å². The van der Waals surface area contributed by atoms with Gasteiger partial charge in [0.05, 0.1) is 16.0 Å². The zero-order valence-corrected chi connectivity index (χ0v) is 14.4. The van der Waals surface area contributed by atoms with E-state index < -0.39 is 10.1 Å². The van der Waals surface area contributed by atoms with Crippen molar-refractivity contribution in [2.75, 3.05) is 6.54 Å². The van der Waals surface area contributed by atoms with E-state index >= 15 is 0 Å². The quantitative estimate of drug-likeness (QED) is 0.654. The van der Waals surface area contributed by atoms with Gasteiger partial charge in [0.1, 0.15) is 0 Å². The second-order valence-electron chi connectivity index (χ2n) is 5.97. The average molecular weight is 359 g/mol. The van der Waals surface area contributed by atoms with Crippen molar-refractivity contribution in [1.82, 2.24) is 4.90 Å². The molecule has 130 valence electrons. The number of carbonyl (C=O) groups is 2. The van der Waals surface area contributed by atoms with E-state index in [9.17, 15) is 18.0 Å². The molecule has 0 unspecified atom stereocenters. The van der Waals surface area contributed by atoms with E-state index in [1.807, 2.05) is 6.92 Å². The van der Waals surface area contributed by atoms with Crippen LogP contribution < -0.4 is 0 Å². The van der Waals surface area contributed by atoms with E-state index in [0.717, 1.165) is 11.1 Å². The van der Waals surface area contributed by atoms with Crippen LogP contribution in [0.3, 0.4) is 0 Å². The van der Waals surface area contributed by atoms with Crippen molar-refractivity contribution < 1.29 is 22.6 Å². The lowest BCUT2D eigenvalue weighted by Gasteiger charge is -2.14. The number of carbonyl (C=O) groups excluding carboxylic acids is 2. The minimum Gasteiger partial charge on any atom is -0.282 e. The van der Waals surface area contributed by atoms with Gasteiger partial charge in [0.2, 0.25) is 0 Å². The van der Waals surface area contributed by atoms with Crippen LogP contribution in [0.2, 0.25) is 0 Å². The number of imide groups is 1. The van der Waals surface area contributed by atoms with Gasteiger partial charge in [-0.1, -0.05) is 18.2 Å². The number of hydrogen-bond donors (Lipinski definition) is 1. The first-order valence-electron chi connectivity index (χ1n) is 7.81. The molecule has 1 heterocycles. The average Bonchev–Trinajstić information content (AvgIpc) is 2.81. The Morgan fingerprint density at radius 1 is 1.00 bits per heavy atom. The normalized spacial score (nSPS) is 14.1. The number of amides is 2. The van der Waals surface area contributed by atoms with Gasteiger partial charge in [-0.25, -0.2) is 0 Å². The minimum absolute atomic E-state index is 0.158. The second-order valence-corrected chi connectivity index (χ2v) is 7.40. The molecular weight excluding hydrogens is 342 g/mol. The second kappa shape index (κ2) is 6.42. The van der Waals surface area contributed by atoms with Gasteiger partial charge in [-0.3, -0.25) is 19.0 Å². The van der Waals surface area contributed by atoms with E-state index in [4.69, 9.17) is 4.55 Å². The maximum Gasteiger partial charge on any atom is 0.294 e. The van der Waals surface area contributed by atoms with Crippen LogP contribution in [0.15, 0.2) is 47.4 Å². The molecule has 3 rings (SSSR count). The Morgan fingerprint density at radius 3 is 2.16 bits per heavy atom. The van der Waals surface area contributed by atoms with Crippen LogP contribution in [0.1, 0.15) is 38.3 Å². The highest BCUT2D eigenvalue weighted by molar-refractivity contribution is 7.85.